The van der Waals surface area contributed by atoms with Crippen molar-refractivity contribution in [3.05, 3.63) is 0 Å². The van der Waals surface area contributed by atoms with Crippen molar-refractivity contribution >= 4 is 5.91 Å². The molecule has 0 bridgehead atoms. The average Bonchev–Trinajstić information content (AvgIpc) is 1.96. The SMILES string of the molecule is CC(=O)NCC(C)CCN(C)C. The first-order chi connectivity index (χ1) is 5.52. The van der Waals surface area contributed by atoms with Gasteiger partial charge in [0.1, 0.15) is 0 Å². The zero-order valence-corrected chi connectivity index (χ0v) is 8.55. The summed E-state index contributed by atoms with van der Waals surface area (Å²) in [5, 5.41) is 2.81. The lowest BCUT2D eigenvalue weighted by Crippen LogP contribution is -2.27. The highest BCUT2D eigenvalue weighted by Gasteiger charge is 2.02. The monoisotopic (exact) mass is 172 g/mol. The van der Waals surface area contributed by atoms with Crippen molar-refractivity contribution < 1.29 is 4.79 Å². The summed E-state index contributed by atoms with van der Waals surface area (Å²) in [6, 6.07) is 0. The Morgan fingerprint density at radius 3 is 2.50 bits per heavy atom. The number of nitrogens with zero attached hydrogens (tertiary/aromatic N) is 1. The van der Waals surface area contributed by atoms with Gasteiger partial charge in [0, 0.05) is 13.5 Å². The number of carbonyl (C=O) groups is 1. The smallest absolute Gasteiger partial charge is 0.216 e. The standard InChI is InChI=1S/C9H20N2O/c1-8(5-6-11(3)4)7-10-9(2)12/h8H,5-7H2,1-4H3,(H,10,12). The lowest BCUT2D eigenvalue weighted by atomic mass is 10.1. The van der Waals surface area contributed by atoms with E-state index >= 15 is 0 Å². The molecule has 3 heteroatoms. The van der Waals surface area contributed by atoms with E-state index in [0.717, 1.165) is 19.5 Å². The minimum atomic E-state index is 0.0618. The molecule has 12 heavy (non-hydrogen) atoms. The Hall–Kier alpha value is -0.570. The van der Waals surface area contributed by atoms with Gasteiger partial charge in [-0.1, -0.05) is 6.92 Å². The molecule has 1 N–H and O–H groups in total. The van der Waals surface area contributed by atoms with Crippen LogP contribution in [0, 0.1) is 5.92 Å². The number of hydrogen-bond donors (Lipinski definition) is 1. The molecule has 1 unspecified atom stereocenters. The lowest BCUT2D eigenvalue weighted by Gasteiger charge is -2.14. The molecule has 0 heterocycles. The Morgan fingerprint density at radius 2 is 2.08 bits per heavy atom. The summed E-state index contributed by atoms with van der Waals surface area (Å²) in [5.41, 5.74) is 0. The Labute approximate surface area is 75.1 Å². The van der Waals surface area contributed by atoms with Gasteiger partial charge in [0.2, 0.25) is 5.91 Å². The fourth-order valence-electron chi connectivity index (χ4n) is 0.899. The first-order valence-corrected chi connectivity index (χ1v) is 4.41. The van der Waals surface area contributed by atoms with Crippen LogP contribution in [0.25, 0.3) is 0 Å². The molecule has 0 saturated carbocycles. The summed E-state index contributed by atoms with van der Waals surface area (Å²) in [6.07, 6.45) is 1.13. The summed E-state index contributed by atoms with van der Waals surface area (Å²) >= 11 is 0. The van der Waals surface area contributed by atoms with Gasteiger partial charge in [-0.25, -0.2) is 0 Å². The van der Waals surface area contributed by atoms with Gasteiger partial charge in [0.15, 0.2) is 0 Å². The third-order valence-corrected chi connectivity index (χ3v) is 1.77. The van der Waals surface area contributed by atoms with E-state index in [-0.39, 0.29) is 5.91 Å². The fraction of sp³-hybridized carbons (Fsp3) is 0.889. The molecule has 1 atom stereocenters. The Bertz CT molecular complexity index is 134. The van der Waals surface area contributed by atoms with Gasteiger partial charge in [-0.3, -0.25) is 4.79 Å². The van der Waals surface area contributed by atoms with Crippen LogP contribution in [0.2, 0.25) is 0 Å². The Kier molecular flexibility index (Phi) is 5.72. The molecular weight excluding hydrogens is 152 g/mol. The Morgan fingerprint density at radius 1 is 1.50 bits per heavy atom. The van der Waals surface area contributed by atoms with E-state index in [0.29, 0.717) is 5.92 Å². The minimum Gasteiger partial charge on any atom is -0.356 e. The predicted molar refractivity (Wildman–Crippen MR) is 51.0 cm³/mol. The molecule has 0 spiro atoms. The van der Waals surface area contributed by atoms with E-state index < -0.39 is 0 Å². The molecule has 0 aromatic rings. The first kappa shape index (κ1) is 11.4. The molecule has 0 saturated heterocycles. The van der Waals surface area contributed by atoms with Gasteiger partial charge in [0.05, 0.1) is 0 Å². The van der Waals surface area contributed by atoms with E-state index in [4.69, 9.17) is 0 Å². The zero-order chi connectivity index (χ0) is 9.56. The van der Waals surface area contributed by atoms with Crippen molar-refractivity contribution in [1.82, 2.24) is 10.2 Å². The number of hydrogen-bond acceptors (Lipinski definition) is 2. The molecule has 1 amide bonds. The average molecular weight is 172 g/mol. The van der Waals surface area contributed by atoms with E-state index in [2.05, 4.69) is 31.2 Å². The van der Waals surface area contributed by atoms with Gasteiger partial charge in [-0.05, 0) is 33.0 Å². The molecule has 0 radical (unpaired) electrons. The largest absolute Gasteiger partial charge is 0.356 e. The maximum atomic E-state index is 10.6. The Balaban J connectivity index is 3.33. The van der Waals surface area contributed by atoms with Crippen molar-refractivity contribution in [3.63, 3.8) is 0 Å². The maximum absolute atomic E-state index is 10.6. The van der Waals surface area contributed by atoms with Crippen LogP contribution < -0.4 is 5.32 Å². The van der Waals surface area contributed by atoms with Crippen LogP contribution in [0.4, 0.5) is 0 Å². The van der Waals surface area contributed by atoms with Crippen LogP contribution in [0.15, 0.2) is 0 Å². The van der Waals surface area contributed by atoms with E-state index in [1.165, 1.54) is 0 Å². The van der Waals surface area contributed by atoms with Gasteiger partial charge < -0.3 is 10.2 Å². The summed E-state index contributed by atoms with van der Waals surface area (Å²) in [7, 11) is 4.12. The highest BCUT2D eigenvalue weighted by molar-refractivity contribution is 5.72. The van der Waals surface area contributed by atoms with Crippen LogP contribution >= 0.6 is 0 Å². The third kappa shape index (κ3) is 7.54. The third-order valence-electron chi connectivity index (χ3n) is 1.77. The van der Waals surface area contributed by atoms with Gasteiger partial charge in [-0.2, -0.15) is 0 Å². The van der Waals surface area contributed by atoms with Crippen molar-refractivity contribution in [1.29, 1.82) is 0 Å². The highest BCUT2D eigenvalue weighted by Crippen LogP contribution is 1.99. The molecular formula is C9H20N2O. The first-order valence-electron chi connectivity index (χ1n) is 4.41. The minimum absolute atomic E-state index is 0.0618. The molecule has 0 rings (SSSR count). The number of amides is 1. The maximum Gasteiger partial charge on any atom is 0.216 e. The van der Waals surface area contributed by atoms with Crippen LogP contribution in [0.5, 0.6) is 0 Å². The van der Waals surface area contributed by atoms with E-state index in [9.17, 15) is 4.79 Å². The molecule has 0 aliphatic rings. The van der Waals surface area contributed by atoms with Crippen LogP contribution in [-0.4, -0.2) is 38.0 Å². The van der Waals surface area contributed by atoms with Gasteiger partial charge >= 0.3 is 0 Å². The van der Waals surface area contributed by atoms with Gasteiger partial charge in [0.25, 0.3) is 0 Å². The van der Waals surface area contributed by atoms with Crippen LogP contribution in [0.1, 0.15) is 20.3 Å². The number of rotatable bonds is 5. The molecule has 0 fully saturated rings. The molecule has 3 nitrogen and oxygen atoms in total. The summed E-state index contributed by atoms with van der Waals surface area (Å²) in [6.45, 7) is 5.59. The fourth-order valence-corrected chi connectivity index (χ4v) is 0.899. The van der Waals surface area contributed by atoms with E-state index in [1.54, 1.807) is 6.92 Å². The molecule has 0 aliphatic carbocycles. The predicted octanol–water partition coefficient (Wildman–Crippen LogP) is 0.710. The van der Waals surface area contributed by atoms with Crippen molar-refractivity contribution in [2.24, 2.45) is 5.92 Å². The second-order valence-electron chi connectivity index (χ2n) is 3.63. The zero-order valence-electron chi connectivity index (χ0n) is 8.55. The van der Waals surface area contributed by atoms with Gasteiger partial charge in [-0.15, -0.1) is 0 Å². The number of carbonyl (C=O) groups excluding carboxylic acids is 1. The van der Waals surface area contributed by atoms with Crippen LogP contribution in [-0.2, 0) is 4.79 Å². The second kappa shape index (κ2) is 6.00. The second-order valence-corrected chi connectivity index (χ2v) is 3.63. The van der Waals surface area contributed by atoms with Crippen molar-refractivity contribution in [3.8, 4) is 0 Å². The lowest BCUT2D eigenvalue weighted by molar-refractivity contribution is -0.119. The van der Waals surface area contributed by atoms with Crippen molar-refractivity contribution in [2.75, 3.05) is 27.2 Å². The number of nitrogens with one attached hydrogen (secondary N) is 1. The molecule has 0 aromatic heterocycles. The summed E-state index contributed by atoms with van der Waals surface area (Å²) < 4.78 is 0. The molecule has 72 valence electrons. The topological polar surface area (TPSA) is 32.3 Å². The normalized spacial score (nSPS) is 13.1. The highest BCUT2D eigenvalue weighted by atomic mass is 16.1. The van der Waals surface area contributed by atoms with Crippen molar-refractivity contribution in [2.45, 2.75) is 20.3 Å². The molecule has 0 aliphatic heterocycles. The molecule has 0 aromatic carbocycles. The van der Waals surface area contributed by atoms with E-state index in [1.807, 2.05) is 0 Å². The quantitative estimate of drug-likeness (QED) is 0.662. The van der Waals surface area contributed by atoms with Crippen LogP contribution in [0.3, 0.4) is 0 Å². The summed E-state index contributed by atoms with van der Waals surface area (Å²) in [5.74, 6) is 0.628. The summed E-state index contributed by atoms with van der Waals surface area (Å²) in [4.78, 5) is 12.7.